The third-order valence-corrected chi connectivity index (χ3v) is 4.98. The van der Waals surface area contributed by atoms with Gasteiger partial charge >= 0.3 is 0 Å². The third-order valence-electron chi connectivity index (χ3n) is 4.98. The quantitative estimate of drug-likeness (QED) is 0.204. The van der Waals surface area contributed by atoms with Gasteiger partial charge in [-0.1, -0.05) is 48.5 Å². The van der Waals surface area contributed by atoms with Crippen LogP contribution in [0.15, 0.2) is 59.6 Å². The van der Waals surface area contributed by atoms with Crippen molar-refractivity contribution in [2.75, 3.05) is 38.7 Å². The molecule has 7 heteroatoms. The van der Waals surface area contributed by atoms with E-state index in [9.17, 15) is 4.79 Å². The molecule has 1 unspecified atom stereocenters. The van der Waals surface area contributed by atoms with Gasteiger partial charge < -0.3 is 20.7 Å². The van der Waals surface area contributed by atoms with Crippen molar-refractivity contribution in [2.45, 2.75) is 25.2 Å². The van der Waals surface area contributed by atoms with Crippen LogP contribution in [0.1, 0.15) is 29.9 Å². The molecule has 1 amide bonds. The smallest absolute Gasteiger partial charge is 0.225 e. The monoisotopic (exact) mass is 522 g/mol. The van der Waals surface area contributed by atoms with Crippen LogP contribution in [0.5, 0.6) is 0 Å². The fraction of sp³-hybridized carbons (Fsp3) is 0.391. The SMILES string of the molecule is CN=C(NCCCOCCc1ccccc1)NCC1CC(=O)Nc2ccccc21.I. The number of nitrogens with zero attached hydrogens (tertiary/aromatic N) is 1. The fourth-order valence-corrected chi connectivity index (χ4v) is 3.44. The predicted molar refractivity (Wildman–Crippen MR) is 133 cm³/mol. The van der Waals surface area contributed by atoms with Crippen molar-refractivity contribution in [2.24, 2.45) is 4.99 Å². The van der Waals surface area contributed by atoms with E-state index in [4.69, 9.17) is 4.74 Å². The van der Waals surface area contributed by atoms with Crippen LogP contribution < -0.4 is 16.0 Å². The average molecular weight is 522 g/mol. The lowest BCUT2D eigenvalue weighted by molar-refractivity contribution is -0.116. The van der Waals surface area contributed by atoms with Crippen molar-refractivity contribution in [1.82, 2.24) is 10.6 Å². The molecule has 6 nitrogen and oxygen atoms in total. The molecule has 0 aromatic heterocycles. The van der Waals surface area contributed by atoms with Gasteiger partial charge in [0.2, 0.25) is 5.91 Å². The van der Waals surface area contributed by atoms with Gasteiger partial charge in [-0.3, -0.25) is 9.79 Å². The van der Waals surface area contributed by atoms with Crippen molar-refractivity contribution >= 4 is 41.5 Å². The van der Waals surface area contributed by atoms with Crippen molar-refractivity contribution in [3.63, 3.8) is 0 Å². The molecular weight excluding hydrogens is 491 g/mol. The van der Waals surface area contributed by atoms with Crippen LogP contribution in [-0.4, -0.2) is 45.2 Å². The first-order valence-corrected chi connectivity index (χ1v) is 10.2. The van der Waals surface area contributed by atoms with Crippen LogP contribution >= 0.6 is 24.0 Å². The maximum atomic E-state index is 11.9. The van der Waals surface area contributed by atoms with Crippen molar-refractivity contribution in [3.05, 3.63) is 65.7 Å². The number of carbonyl (C=O) groups is 1. The Morgan fingerprint density at radius 2 is 1.87 bits per heavy atom. The van der Waals surface area contributed by atoms with Gasteiger partial charge in [-0.05, 0) is 30.0 Å². The highest BCUT2D eigenvalue weighted by molar-refractivity contribution is 14.0. The van der Waals surface area contributed by atoms with Gasteiger partial charge in [-0.2, -0.15) is 0 Å². The number of rotatable bonds is 9. The average Bonchev–Trinajstić information content (AvgIpc) is 2.75. The summed E-state index contributed by atoms with van der Waals surface area (Å²) < 4.78 is 5.71. The minimum absolute atomic E-state index is 0. The summed E-state index contributed by atoms with van der Waals surface area (Å²) in [4.78, 5) is 16.2. The standard InChI is InChI=1S/C23H30N4O2.HI/c1-24-23(25-13-7-14-29-15-12-18-8-3-2-4-9-18)26-17-19-16-22(28)27-21-11-6-5-10-20(19)21;/h2-6,8-11,19H,7,12-17H2,1H3,(H,27,28)(H2,24,25,26);1H. The van der Waals surface area contributed by atoms with Gasteiger partial charge in [-0.25, -0.2) is 0 Å². The van der Waals surface area contributed by atoms with Gasteiger partial charge in [0.1, 0.15) is 0 Å². The molecule has 0 saturated heterocycles. The number of carbonyl (C=O) groups excluding carboxylic acids is 1. The molecule has 162 valence electrons. The van der Waals surface area contributed by atoms with E-state index in [2.05, 4.69) is 51.3 Å². The van der Waals surface area contributed by atoms with Crippen LogP contribution in [0.4, 0.5) is 5.69 Å². The highest BCUT2D eigenvalue weighted by Gasteiger charge is 2.24. The molecule has 0 saturated carbocycles. The second-order valence-corrected chi connectivity index (χ2v) is 7.12. The zero-order chi connectivity index (χ0) is 20.3. The molecule has 30 heavy (non-hydrogen) atoms. The Labute approximate surface area is 195 Å². The molecule has 0 spiro atoms. The zero-order valence-electron chi connectivity index (χ0n) is 17.4. The fourth-order valence-electron chi connectivity index (χ4n) is 3.44. The molecular formula is C23H31IN4O2. The number of hydrogen-bond donors (Lipinski definition) is 3. The molecule has 0 aliphatic carbocycles. The minimum atomic E-state index is 0. The van der Waals surface area contributed by atoms with Crippen LogP contribution in [-0.2, 0) is 16.0 Å². The van der Waals surface area contributed by atoms with Gasteiger partial charge in [0, 0.05) is 44.8 Å². The maximum Gasteiger partial charge on any atom is 0.225 e. The molecule has 1 aliphatic heterocycles. The van der Waals surface area contributed by atoms with Crippen LogP contribution in [0, 0.1) is 0 Å². The molecule has 0 radical (unpaired) electrons. The molecule has 2 aromatic rings. The van der Waals surface area contributed by atoms with Crippen molar-refractivity contribution in [1.29, 1.82) is 0 Å². The highest BCUT2D eigenvalue weighted by Crippen LogP contribution is 2.31. The lowest BCUT2D eigenvalue weighted by Gasteiger charge is -2.26. The minimum Gasteiger partial charge on any atom is -0.381 e. The Morgan fingerprint density at radius 3 is 2.67 bits per heavy atom. The van der Waals surface area contributed by atoms with E-state index in [1.165, 1.54) is 11.1 Å². The summed E-state index contributed by atoms with van der Waals surface area (Å²) in [5.41, 5.74) is 3.38. The summed E-state index contributed by atoms with van der Waals surface area (Å²) >= 11 is 0. The van der Waals surface area contributed by atoms with E-state index < -0.39 is 0 Å². The second kappa shape index (κ2) is 13.2. The predicted octanol–water partition coefficient (Wildman–Crippen LogP) is 3.54. The lowest BCUT2D eigenvalue weighted by atomic mass is 9.90. The molecule has 3 rings (SSSR count). The van der Waals surface area contributed by atoms with Crippen LogP contribution in [0.3, 0.4) is 0 Å². The van der Waals surface area contributed by atoms with Crippen LogP contribution in [0.25, 0.3) is 0 Å². The van der Waals surface area contributed by atoms with E-state index >= 15 is 0 Å². The third kappa shape index (κ3) is 7.60. The van der Waals surface area contributed by atoms with Crippen molar-refractivity contribution < 1.29 is 9.53 Å². The first kappa shape index (κ1) is 24.1. The first-order chi connectivity index (χ1) is 14.3. The number of anilines is 1. The molecule has 3 N–H and O–H groups in total. The number of para-hydroxylation sites is 1. The summed E-state index contributed by atoms with van der Waals surface area (Å²) in [7, 11) is 1.76. The molecule has 1 heterocycles. The normalized spacial score (nSPS) is 15.6. The molecule has 2 aromatic carbocycles. The number of benzene rings is 2. The largest absolute Gasteiger partial charge is 0.381 e. The number of hydrogen-bond acceptors (Lipinski definition) is 3. The van der Waals surface area contributed by atoms with Gasteiger partial charge in [0.05, 0.1) is 6.61 Å². The van der Waals surface area contributed by atoms with Crippen LogP contribution in [0.2, 0.25) is 0 Å². The number of amides is 1. The lowest BCUT2D eigenvalue weighted by Crippen LogP contribution is -2.41. The van der Waals surface area contributed by atoms with E-state index in [0.29, 0.717) is 19.6 Å². The van der Waals surface area contributed by atoms with Gasteiger partial charge in [-0.15, -0.1) is 24.0 Å². The first-order valence-electron chi connectivity index (χ1n) is 10.2. The summed E-state index contributed by atoms with van der Waals surface area (Å²) in [5, 5.41) is 9.59. The molecule has 0 bridgehead atoms. The van der Waals surface area contributed by atoms with Gasteiger partial charge in [0.15, 0.2) is 5.96 Å². The summed E-state index contributed by atoms with van der Waals surface area (Å²) in [6.45, 7) is 2.90. The van der Waals surface area contributed by atoms with E-state index in [-0.39, 0.29) is 35.8 Å². The highest BCUT2D eigenvalue weighted by atomic mass is 127. The van der Waals surface area contributed by atoms with E-state index in [1.54, 1.807) is 7.05 Å². The molecule has 0 fully saturated rings. The summed E-state index contributed by atoms with van der Waals surface area (Å²) in [6.07, 6.45) is 2.33. The maximum absolute atomic E-state index is 11.9. The number of fused-ring (bicyclic) bond motifs is 1. The van der Waals surface area contributed by atoms with Crippen molar-refractivity contribution in [3.8, 4) is 0 Å². The number of halogens is 1. The Morgan fingerprint density at radius 1 is 1.10 bits per heavy atom. The Bertz CT molecular complexity index is 814. The number of nitrogens with one attached hydrogen (secondary N) is 3. The Hall–Kier alpha value is -2.13. The van der Waals surface area contributed by atoms with E-state index in [1.807, 2.05) is 24.3 Å². The topological polar surface area (TPSA) is 74.8 Å². The molecule has 1 aliphatic rings. The Balaban J connectivity index is 0.00000320. The number of guanidine groups is 1. The zero-order valence-corrected chi connectivity index (χ0v) is 19.7. The second-order valence-electron chi connectivity index (χ2n) is 7.12. The summed E-state index contributed by atoms with van der Waals surface area (Å²) in [5.74, 6) is 0.948. The Kier molecular flexibility index (Phi) is 10.6. The number of aliphatic imine (C=N–C) groups is 1. The van der Waals surface area contributed by atoms with E-state index in [0.717, 1.165) is 37.6 Å². The van der Waals surface area contributed by atoms with Gasteiger partial charge in [0.25, 0.3) is 0 Å². The molecule has 1 atom stereocenters. The summed E-state index contributed by atoms with van der Waals surface area (Å²) in [6, 6.07) is 18.3. The number of ether oxygens (including phenoxy) is 1.